The first-order chi connectivity index (χ1) is 14.5. The minimum absolute atomic E-state index is 0.558. The Morgan fingerprint density at radius 1 is 1.20 bits per heavy atom. The third-order valence-corrected chi connectivity index (χ3v) is 5.70. The first-order valence-corrected chi connectivity index (χ1v) is 11.2. The fourth-order valence-electron chi connectivity index (χ4n) is 3.70. The second kappa shape index (κ2) is 13.1. The molecule has 1 fully saturated rings. The molecule has 2 aliphatic rings. The van der Waals surface area contributed by atoms with Crippen molar-refractivity contribution in [3.63, 3.8) is 0 Å². The predicted octanol–water partition coefficient (Wildman–Crippen LogP) is 3.71. The number of aromatic nitrogens is 2. The summed E-state index contributed by atoms with van der Waals surface area (Å²) in [5.41, 5.74) is 2.24. The van der Waals surface area contributed by atoms with E-state index in [0.717, 1.165) is 50.0 Å². The second-order valence-corrected chi connectivity index (χ2v) is 8.21. The van der Waals surface area contributed by atoms with E-state index in [1.165, 1.54) is 55.8 Å². The van der Waals surface area contributed by atoms with Gasteiger partial charge in [-0.2, -0.15) is 4.37 Å². The Kier molecular flexibility index (Phi) is 10.5. The Balaban J connectivity index is 0.000000343. The second-order valence-electron chi connectivity index (χ2n) is 7.68. The molecule has 0 saturated heterocycles. The summed E-state index contributed by atoms with van der Waals surface area (Å²) in [6.07, 6.45) is 14.1. The van der Waals surface area contributed by atoms with Crippen LogP contribution in [0.3, 0.4) is 0 Å². The molecule has 0 atom stereocenters. The molecule has 1 aromatic heterocycles. The number of nitrogens with zero attached hydrogens (tertiary/aromatic N) is 3. The van der Waals surface area contributed by atoms with E-state index < -0.39 is 11.9 Å². The van der Waals surface area contributed by atoms with E-state index in [0.29, 0.717) is 12.2 Å². The Bertz CT molecular complexity index is 725. The van der Waals surface area contributed by atoms with Crippen LogP contribution >= 0.6 is 11.7 Å². The smallest absolute Gasteiger partial charge is 0.328 e. The lowest BCUT2D eigenvalue weighted by atomic mass is 9.86. The maximum absolute atomic E-state index is 9.55. The number of hydrogen-bond donors (Lipinski definition) is 2. The summed E-state index contributed by atoms with van der Waals surface area (Å²) in [6.45, 7) is 2.85. The number of ether oxygens (including phenoxy) is 1. The van der Waals surface area contributed by atoms with Crippen molar-refractivity contribution in [1.29, 1.82) is 0 Å². The number of rotatable bonds is 8. The lowest BCUT2D eigenvalue weighted by Crippen LogP contribution is -2.25. The van der Waals surface area contributed by atoms with E-state index in [2.05, 4.69) is 26.8 Å². The molecule has 0 aromatic carbocycles. The standard InChI is InChI=1S/C17H27N3OS.C4H4O4/c1-20-11-5-10-15(13-20)16-17(19-22-18-16)21-12-6-9-14-7-3-2-4-8-14;5-3(6)1-2-4(7)8/h10,14H,2-9,11-13H2,1H3;1-2H,(H,5,6)(H,7,8). The first kappa shape index (κ1) is 24.0. The predicted molar refractivity (Wildman–Crippen MR) is 116 cm³/mol. The highest BCUT2D eigenvalue weighted by atomic mass is 32.1. The summed E-state index contributed by atoms with van der Waals surface area (Å²) in [5.74, 6) is -0.838. The van der Waals surface area contributed by atoms with Crippen molar-refractivity contribution in [2.24, 2.45) is 5.92 Å². The zero-order valence-corrected chi connectivity index (χ0v) is 18.3. The van der Waals surface area contributed by atoms with Gasteiger partial charge in [-0.15, -0.1) is 4.37 Å². The number of likely N-dealkylation sites (N-methyl/N-ethyl adjacent to an activating group) is 1. The molecule has 1 aromatic rings. The minimum atomic E-state index is -1.26. The molecular weight excluding hydrogens is 406 g/mol. The number of carboxylic acids is 2. The molecule has 3 rings (SSSR count). The average molecular weight is 438 g/mol. The molecule has 1 aliphatic carbocycles. The molecule has 0 bridgehead atoms. The van der Waals surface area contributed by atoms with Crippen LogP contribution < -0.4 is 4.74 Å². The van der Waals surface area contributed by atoms with Crippen LogP contribution in [0.1, 0.15) is 57.1 Å². The van der Waals surface area contributed by atoms with Crippen LogP contribution in [0.5, 0.6) is 5.88 Å². The van der Waals surface area contributed by atoms with Gasteiger partial charge in [0, 0.05) is 25.2 Å². The van der Waals surface area contributed by atoms with Gasteiger partial charge >= 0.3 is 11.9 Å². The van der Waals surface area contributed by atoms with Gasteiger partial charge in [0.2, 0.25) is 0 Å². The molecule has 0 radical (unpaired) electrons. The van der Waals surface area contributed by atoms with Crippen molar-refractivity contribution in [2.45, 2.75) is 51.4 Å². The van der Waals surface area contributed by atoms with Crippen LogP contribution in [0.25, 0.3) is 5.57 Å². The molecule has 8 nitrogen and oxygen atoms in total. The Morgan fingerprint density at radius 3 is 2.53 bits per heavy atom. The summed E-state index contributed by atoms with van der Waals surface area (Å²) in [5, 5.41) is 15.6. The maximum Gasteiger partial charge on any atom is 0.328 e. The zero-order chi connectivity index (χ0) is 21.8. The van der Waals surface area contributed by atoms with Crippen LogP contribution in [0, 0.1) is 5.92 Å². The highest BCUT2D eigenvalue weighted by Crippen LogP contribution is 2.29. The first-order valence-electron chi connectivity index (χ1n) is 10.4. The van der Waals surface area contributed by atoms with E-state index in [1.54, 1.807) is 0 Å². The number of carbonyl (C=O) groups is 2. The third kappa shape index (κ3) is 9.04. The SMILES string of the molecule is CN1CCC=C(c2nsnc2OCCCC2CCCCC2)C1.O=C(O)C=CC(=O)O. The van der Waals surface area contributed by atoms with Gasteiger partial charge in [0.15, 0.2) is 0 Å². The van der Waals surface area contributed by atoms with E-state index in [9.17, 15) is 9.59 Å². The fraction of sp³-hybridized carbons (Fsp3) is 0.619. The van der Waals surface area contributed by atoms with Crippen LogP contribution in [-0.2, 0) is 9.59 Å². The van der Waals surface area contributed by atoms with Gasteiger partial charge in [-0.05, 0) is 37.8 Å². The summed E-state index contributed by atoms with van der Waals surface area (Å²) in [7, 11) is 2.15. The van der Waals surface area contributed by atoms with Crippen molar-refractivity contribution in [1.82, 2.24) is 13.6 Å². The van der Waals surface area contributed by atoms with Gasteiger partial charge in [0.1, 0.15) is 5.69 Å². The molecule has 2 heterocycles. The number of aliphatic carboxylic acids is 2. The summed E-state index contributed by atoms with van der Waals surface area (Å²) < 4.78 is 14.7. The Morgan fingerprint density at radius 2 is 1.90 bits per heavy atom. The number of carboxylic acid groups (broad SMARTS) is 2. The topological polar surface area (TPSA) is 113 Å². The molecule has 0 unspecified atom stereocenters. The molecule has 166 valence electrons. The van der Waals surface area contributed by atoms with E-state index in [1.807, 2.05) is 0 Å². The minimum Gasteiger partial charge on any atom is -0.478 e. The normalized spacial score (nSPS) is 17.8. The van der Waals surface area contributed by atoms with Crippen LogP contribution in [-0.4, -0.2) is 62.5 Å². The van der Waals surface area contributed by atoms with Gasteiger partial charge in [0.25, 0.3) is 5.88 Å². The fourth-order valence-corrected chi connectivity index (χ4v) is 4.23. The van der Waals surface area contributed by atoms with Gasteiger partial charge in [-0.1, -0.05) is 38.2 Å². The van der Waals surface area contributed by atoms with E-state index in [-0.39, 0.29) is 0 Å². The summed E-state index contributed by atoms with van der Waals surface area (Å²) in [6, 6.07) is 0. The van der Waals surface area contributed by atoms with E-state index >= 15 is 0 Å². The largest absolute Gasteiger partial charge is 0.478 e. The van der Waals surface area contributed by atoms with Gasteiger partial charge in [-0.25, -0.2) is 9.59 Å². The van der Waals surface area contributed by atoms with Crippen molar-refractivity contribution in [2.75, 3.05) is 26.7 Å². The van der Waals surface area contributed by atoms with Gasteiger partial charge in [-0.3, -0.25) is 0 Å². The molecule has 0 amide bonds. The van der Waals surface area contributed by atoms with Crippen molar-refractivity contribution in [3.05, 3.63) is 23.9 Å². The highest BCUT2D eigenvalue weighted by molar-refractivity contribution is 6.99. The van der Waals surface area contributed by atoms with Crippen LogP contribution in [0.15, 0.2) is 18.2 Å². The number of hydrogen-bond acceptors (Lipinski definition) is 7. The average Bonchev–Trinajstić information content (AvgIpc) is 3.20. The molecule has 30 heavy (non-hydrogen) atoms. The molecule has 1 aliphatic heterocycles. The quantitative estimate of drug-likeness (QED) is 0.467. The van der Waals surface area contributed by atoms with E-state index in [4.69, 9.17) is 14.9 Å². The molecule has 9 heteroatoms. The van der Waals surface area contributed by atoms with Gasteiger partial charge < -0.3 is 19.8 Å². The lowest BCUT2D eigenvalue weighted by Gasteiger charge is -2.22. The molecule has 0 spiro atoms. The monoisotopic (exact) mass is 437 g/mol. The van der Waals surface area contributed by atoms with Crippen LogP contribution in [0.4, 0.5) is 0 Å². The zero-order valence-electron chi connectivity index (χ0n) is 17.5. The maximum atomic E-state index is 9.55. The van der Waals surface area contributed by atoms with Crippen molar-refractivity contribution in [3.8, 4) is 5.88 Å². The Labute approximate surface area is 181 Å². The molecular formula is C21H31N3O5S. The summed E-state index contributed by atoms with van der Waals surface area (Å²) in [4.78, 5) is 21.4. The van der Waals surface area contributed by atoms with Crippen molar-refractivity contribution < 1.29 is 24.5 Å². The van der Waals surface area contributed by atoms with Crippen LogP contribution in [0.2, 0.25) is 0 Å². The highest BCUT2D eigenvalue weighted by Gasteiger charge is 2.19. The molecule has 2 N–H and O–H groups in total. The lowest BCUT2D eigenvalue weighted by molar-refractivity contribution is -0.134. The third-order valence-electron chi connectivity index (χ3n) is 5.19. The van der Waals surface area contributed by atoms with Crippen molar-refractivity contribution >= 4 is 29.2 Å². The Hall–Kier alpha value is -2.26. The van der Waals surface area contributed by atoms with Gasteiger partial charge in [0.05, 0.1) is 18.3 Å². The molecule has 1 saturated carbocycles. The summed E-state index contributed by atoms with van der Waals surface area (Å²) >= 11 is 1.26.